The van der Waals surface area contributed by atoms with Gasteiger partial charge >= 0.3 is 6.18 Å². The summed E-state index contributed by atoms with van der Waals surface area (Å²) in [6.07, 6.45) is -3.29. The van der Waals surface area contributed by atoms with Gasteiger partial charge < -0.3 is 4.57 Å². The highest BCUT2D eigenvalue weighted by Gasteiger charge is 2.33. The van der Waals surface area contributed by atoms with Crippen molar-refractivity contribution in [2.75, 3.05) is 5.75 Å². The summed E-state index contributed by atoms with van der Waals surface area (Å²) in [4.78, 5) is 11.3. The van der Waals surface area contributed by atoms with Crippen LogP contribution < -0.4 is 5.56 Å². The molecule has 1 aromatic heterocycles. The van der Waals surface area contributed by atoms with Crippen molar-refractivity contribution in [1.82, 2.24) is 4.57 Å². The van der Waals surface area contributed by atoms with Gasteiger partial charge in [0.2, 0.25) is 0 Å². The van der Waals surface area contributed by atoms with Crippen LogP contribution in [0.25, 0.3) is 0 Å². The number of rotatable bonds is 4. The lowest BCUT2D eigenvalue weighted by atomic mass is 10.3. The first-order valence-electron chi connectivity index (χ1n) is 4.84. The number of nitrogens with zero attached hydrogens (tertiary/aromatic N) is 1. The topological polar surface area (TPSA) is 22.0 Å². The minimum atomic E-state index is -4.48. The van der Waals surface area contributed by atoms with Gasteiger partial charge in [-0.25, -0.2) is 0 Å². The van der Waals surface area contributed by atoms with Crippen molar-refractivity contribution in [3.05, 3.63) is 34.2 Å². The Labute approximate surface area is 96.5 Å². The van der Waals surface area contributed by atoms with Crippen molar-refractivity contribution < 1.29 is 13.2 Å². The van der Waals surface area contributed by atoms with Crippen molar-refractivity contribution in [2.24, 2.45) is 0 Å². The van der Waals surface area contributed by atoms with Gasteiger partial charge in [-0.2, -0.15) is 25.8 Å². The molecule has 0 bridgehead atoms. The lowest BCUT2D eigenvalue weighted by molar-refractivity contribution is -0.144. The summed E-state index contributed by atoms with van der Waals surface area (Å²) in [6, 6.07) is 3.18. The number of thiol groups is 1. The van der Waals surface area contributed by atoms with E-state index < -0.39 is 17.4 Å². The first kappa shape index (κ1) is 13.2. The third-order valence-electron chi connectivity index (χ3n) is 2.13. The lowest BCUT2D eigenvalue weighted by Gasteiger charge is -2.14. The summed E-state index contributed by atoms with van der Waals surface area (Å²) in [5.74, 6) is 0.600. The third kappa shape index (κ3) is 3.30. The average Bonchev–Trinajstić information content (AvgIpc) is 2.19. The quantitative estimate of drug-likeness (QED) is 0.644. The number of pyridine rings is 1. The van der Waals surface area contributed by atoms with E-state index in [0.717, 1.165) is 22.8 Å². The summed E-state index contributed by atoms with van der Waals surface area (Å²) >= 11 is 3.97. The molecular formula is C10H12F3NOS. The van der Waals surface area contributed by atoms with Crippen LogP contribution in [0.5, 0.6) is 0 Å². The van der Waals surface area contributed by atoms with Gasteiger partial charge in [-0.15, -0.1) is 0 Å². The molecular weight excluding hydrogens is 239 g/mol. The number of alkyl halides is 3. The molecule has 1 heterocycles. The summed E-state index contributed by atoms with van der Waals surface area (Å²) in [5.41, 5.74) is -1.51. The molecule has 6 heteroatoms. The van der Waals surface area contributed by atoms with Crippen LogP contribution in [0.4, 0.5) is 13.2 Å². The van der Waals surface area contributed by atoms with Crippen molar-refractivity contribution in [3.63, 3.8) is 0 Å². The SMILES string of the molecule is O=c1cccc(C(F)(F)F)n1CCCCS. The molecule has 1 rings (SSSR count). The molecule has 0 aliphatic carbocycles. The van der Waals surface area contributed by atoms with E-state index in [1.807, 2.05) is 0 Å². The van der Waals surface area contributed by atoms with Crippen LogP contribution >= 0.6 is 12.6 Å². The number of unbranched alkanes of at least 4 members (excludes halogenated alkanes) is 1. The van der Waals surface area contributed by atoms with Crippen molar-refractivity contribution in [3.8, 4) is 0 Å². The van der Waals surface area contributed by atoms with Crippen LogP contribution in [-0.2, 0) is 12.7 Å². The zero-order valence-electron chi connectivity index (χ0n) is 8.50. The van der Waals surface area contributed by atoms with E-state index in [1.54, 1.807) is 0 Å². The van der Waals surface area contributed by atoms with Crippen LogP contribution in [0.1, 0.15) is 18.5 Å². The maximum absolute atomic E-state index is 12.6. The molecule has 0 saturated heterocycles. The molecule has 0 N–H and O–H groups in total. The van der Waals surface area contributed by atoms with Crippen molar-refractivity contribution in [1.29, 1.82) is 0 Å². The molecule has 16 heavy (non-hydrogen) atoms. The van der Waals surface area contributed by atoms with Crippen LogP contribution in [0.15, 0.2) is 23.0 Å². The molecule has 0 atom stereocenters. The van der Waals surface area contributed by atoms with Gasteiger partial charge in [-0.1, -0.05) is 6.07 Å². The van der Waals surface area contributed by atoms with E-state index in [9.17, 15) is 18.0 Å². The maximum Gasteiger partial charge on any atom is 0.431 e. The van der Waals surface area contributed by atoms with Crippen LogP contribution in [-0.4, -0.2) is 10.3 Å². The monoisotopic (exact) mass is 251 g/mol. The Kier molecular flexibility index (Phi) is 4.46. The fourth-order valence-corrected chi connectivity index (χ4v) is 1.60. The Morgan fingerprint density at radius 1 is 1.25 bits per heavy atom. The predicted molar refractivity (Wildman–Crippen MR) is 58.8 cm³/mol. The van der Waals surface area contributed by atoms with Crippen molar-refractivity contribution in [2.45, 2.75) is 25.6 Å². The normalized spacial score (nSPS) is 11.8. The summed E-state index contributed by atoms with van der Waals surface area (Å²) in [7, 11) is 0. The summed E-state index contributed by atoms with van der Waals surface area (Å²) < 4.78 is 38.5. The first-order valence-corrected chi connectivity index (χ1v) is 5.48. The Morgan fingerprint density at radius 2 is 1.94 bits per heavy atom. The summed E-state index contributed by atoms with van der Waals surface area (Å²) in [6.45, 7) is 0.0784. The standard InChI is InChI=1S/C10H12F3NOS/c11-10(12,13)8-4-3-5-9(15)14(8)6-1-2-7-16/h3-5,16H,1-2,6-7H2. The molecule has 0 aliphatic rings. The van der Waals surface area contributed by atoms with Gasteiger partial charge in [0.15, 0.2) is 0 Å². The second-order valence-electron chi connectivity index (χ2n) is 3.33. The number of halogens is 3. The molecule has 0 aromatic carbocycles. The molecule has 90 valence electrons. The molecule has 0 spiro atoms. The van der Waals surface area contributed by atoms with Gasteiger partial charge in [0, 0.05) is 12.6 Å². The largest absolute Gasteiger partial charge is 0.431 e. The van der Waals surface area contributed by atoms with Gasteiger partial charge in [0.1, 0.15) is 5.69 Å². The van der Waals surface area contributed by atoms with E-state index >= 15 is 0 Å². The molecule has 2 nitrogen and oxygen atoms in total. The van der Waals surface area contributed by atoms with E-state index in [-0.39, 0.29) is 6.54 Å². The Morgan fingerprint density at radius 3 is 2.50 bits per heavy atom. The number of hydrogen-bond acceptors (Lipinski definition) is 2. The zero-order valence-corrected chi connectivity index (χ0v) is 9.39. The molecule has 0 unspecified atom stereocenters. The molecule has 0 radical (unpaired) electrons. The van der Waals surface area contributed by atoms with Gasteiger partial charge in [0.05, 0.1) is 0 Å². The van der Waals surface area contributed by atoms with Crippen LogP contribution in [0.3, 0.4) is 0 Å². The van der Waals surface area contributed by atoms with E-state index in [1.165, 1.54) is 0 Å². The fraction of sp³-hybridized carbons (Fsp3) is 0.500. The van der Waals surface area contributed by atoms with Gasteiger partial charge in [-0.3, -0.25) is 4.79 Å². The smallest absolute Gasteiger partial charge is 0.304 e. The fourth-order valence-electron chi connectivity index (χ4n) is 1.38. The second-order valence-corrected chi connectivity index (χ2v) is 3.78. The van der Waals surface area contributed by atoms with E-state index in [0.29, 0.717) is 18.6 Å². The molecule has 1 aromatic rings. The highest BCUT2D eigenvalue weighted by molar-refractivity contribution is 7.80. The Hall–Kier alpha value is -0.910. The van der Waals surface area contributed by atoms with E-state index in [2.05, 4.69) is 12.6 Å². The highest BCUT2D eigenvalue weighted by Crippen LogP contribution is 2.28. The molecule has 0 fully saturated rings. The van der Waals surface area contributed by atoms with E-state index in [4.69, 9.17) is 0 Å². The highest BCUT2D eigenvalue weighted by atomic mass is 32.1. The maximum atomic E-state index is 12.6. The van der Waals surface area contributed by atoms with Crippen molar-refractivity contribution >= 4 is 12.6 Å². The summed E-state index contributed by atoms with van der Waals surface area (Å²) in [5, 5.41) is 0. The predicted octanol–water partition coefficient (Wildman–Crippen LogP) is 2.58. The van der Waals surface area contributed by atoms with Crippen LogP contribution in [0.2, 0.25) is 0 Å². The minimum absolute atomic E-state index is 0.0784. The van der Waals surface area contributed by atoms with Gasteiger partial charge in [0.25, 0.3) is 5.56 Å². The second kappa shape index (κ2) is 5.43. The Balaban J connectivity index is 3.00. The first-order chi connectivity index (χ1) is 7.46. The molecule has 0 saturated carbocycles. The zero-order chi connectivity index (χ0) is 12.2. The lowest BCUT2D eigenvalue weighted by Crippen LogP contribution is -2.27. The third-order valence-corrected chi connectivity index (χ3v) is 2.45. The number of hydrogen-bond donors (Lipinski definition) is 1. The number of aromatic nitrogens is 1. The average molecular weight is 251 g/mol. The molecule has 0 aliphatic heterocycles. The Bertz CT molecular complexity index is 400. The van der Waals surface area contributed by atoms with Gasteiger partial charge in [-0.05, 0) is 24.7 Å². The molecule has 0 amide bonds. The van der Waals surface area contributed by atoms with Crippen LogP contribution in [0, 0.1) is 0 Å². The minimum Gasteiger partial charge on any atom is -0.304 e.